The number of cyclic esters (lactones) is 1. The Morgan fingerprint density at radius 1 is 1.04 bits per heavy atom. The molecule has 1 fully saturated rings. The van der Waals surface area contributed by atoms with Gasteiger partial charge < -0.3 is 33.3 Å². The molecule has 1 aromatic heterocycles. The molecule has 0 amide bonds. The number of carbonyl (C=O) groups excluding carboxylic acids is 5. The lowest BCUT2D eigenvalue weighted by Crippen LogP contribution is -2.58. The summed E-state index contributed by atoms with van der Waals surface area (Å²) >= 11 is 0. The van der Waals surface area contributed by atoms with E-state index in [0.717, 1.165) is 4.57 Å². The smallest absolute Gasteiger partial charge is 0.420 e. The molecule has 3 heterocycles. The van der Waals surface area contributed by atoms with Gasteiger partial charge >= 0.3 is 18.0 Å². The Bertz CT molecular complexity index is 1640. The highest BCUT2D eigenvalue weighted by atomic mass is 16.7. The minimum atomic E-state index is -1.60. The van der Waals surface area contributed by atoms with Crippen LogP contribution < -0.4 is 0 Å². The first kappa shape index (κ1) is 42.5. The van der Waals surface area contributed by atoms with Crippen LogP contribution in [0.4, 0.5) is 4.79 Å². The van der Waals surface area contributed by atoms with Gasteiger partial charge in [-0.2, -0.15) is 0 Å². The SMILES string of the molecule is CCC1OC(=O)[C@H](C)C(=O)[C@H](C)[C@@H](O[C@@H]2O[C@H](C)C[C@H](N(C)C)[C@H]2OC(=O)c2ccccc2)[C@@H](OC)C[C@@H](C)C(=O)/C(C)=C/[C@]1(C)OC(=O)n1ccnc1. The lowest BCUT2D eigenvalue weighted by Gasteiger charge is -2.45. The van der Waals surface area contributed by atoms with Crippen molar-refractivity contribution in [2.75, 3.05) is 21.2 Å². The van der Waals surface area contributed by atoms with Crippen molar-refractivity contribution in [2.45, 2.75) is 116 Å². The van der Waals surface area contributed by atoms with Crippen molar-refractivity contribution in [3.63, 3.8) is 0 Å². The van der Waals surface area contributed by atoms with Gasteiger partial charge in [0.1, 0.15) is 18.3 Å². The van der Waals surface area contributed by atoms with E-state index in [-0.39, 0.29) is 36.3 Å². The van der Waals surface area contributed by atoms with Gasteiger partial charge in [-0.1, -0.05) is 39.0 Å². The second kappa shape index (κ2) is 18.4. The zero-order valence-electron chi connectivity index (χ0n) is 32.9. The Labute approximate surface area is 317 Å². The number of aromatic nitrogens is 2. The molecule has 54 heavy (non-hydrogen) atoms. The van der Waals surface area contributed by atoms with E-state index in [1.807, 2.05) is 25.9 Å². The highest BCUT2D eigenvalue weighted by Crippen LogP contribution is 2.34. The van der Waals surface area contributed by atoms with Crippen LogP contribution in [0.25, 0.3) is 0 Å². The molecule has 4 rings (SSSR count). The number of nitrogens with zero attached hydrogens (tertiary/aromatic N) is 3. The van der Waals surface area contributed by atoms with Crippen LogP contribution in [0.1, 0.15) is 78.1 Å². The fourth-order valence-electron chi connectivity index (χ4n) is 7.24. The van der Waals surface area contributed by atoms with Crippen molar-refractivity contribution in [3.8, 4) is 0 Å². The number of ketones is 2. The zero-order chi connectivity index (χ0) is 39.9. The molecule has 0 spiro atoms. The Morgan fingerprint density at radius 3 is 2.31 bits per heavy atom. The van der Waals surface area contributed by atoms with Crippen LogP contribution in [-0.4, -0.2) is 114 Å². The van der Waals surface area contributed by atoms with E-state index in [1.54, 1.807) is 65.0 Å². The number of esters is 2. The largest absolute Gasteiger partial charge is 0.457 e. The third-order valence-electron chi connectivity index (χ3n) is 10.4. The summed E-state index contributed by atoms with van der Waals surface area (Å²) in [6.07, 6.45) is 0.253. The topological polar surface area (TPSA) is 162 Å². The van der Waals surface area contributed by atoms with Gasteiger partial charge in [-0.25, -0.2) is 19.1 Å². The van der Waals surface area contributed by atoms with E-state index in [9.17, 15) is 24.0 Å². The fourth-order valence-corrected chi connectivity index (χ4v) is 7.24. The zero-order valence-corrected chi connectivity index (χ0v) is 32.9. The maximum Gasteiger partial charge on any atom is 0.420 e. The summed E-state index contributed by atoms with van der Waals surface area (Å²) in [5, 5.41) is 0. The summed E-state index contributed by atoms with van der Waals surface area (Å²) in [6.45, 7) is 11.6. The summed E-state index contributed by atoms with van der Waals surface area (Å²) in [5.41, 5.74) is -0.976. The molecular weight excluding hydrogens is 698 g/mol. The normalized spacial score (nSPS) is 34.0. The minimum Gasteiger partial charge on any atom is -0.457 e. The van der Waals surface area contributed by atoms with Gasteiger partial charge in [-0.15, -0.1) is 0 Å². The molecule has 0 saturated carbocycles. The molecule has 1 saturated heterocycles. The molecule has 0 radical (unpaired) electrons. The molecular formula is C40H55N3O11. The maximum absolute atomic E-state index is 14.3. The molecule has 1 unspecified atom stereocenters. The number of ether oxygens (including phenoxy) is 6. The van der Waals surface area contributed by atoms with Crippen LogP contribution in [0.15, 0.2) is 60.7 Å². The van der Waals surface area contributed by atoms with Crippen LogP contribution >= 0.6 is 0 Å². The average Bonchev–Trinajstić information content (AvgIpc) is 3.70. The Kier molecular flexibility index (Phi) is 14.5. The van der Waals surface area contributed by atoms with Crippen LogP contribution in [0, 0.1) is 17.8 Å². The molecule has 0 aliphatic carbocycles. The molecule has 0 N–H and O–H groups in total. The van der Waals surface area contributed by atoms with Crippen LogP contribution in [-0.2, 0) is 42.8 Å². The molecule has 1 aromatic carbocycles. The van der Waals surface area contributed by atoms with E-state index in [2.05, 4.69) is 4.98 Å². The van der Waals surface area contributed by atoms with Gasteiger partial charge in [0, 0.05) is 31.3 Å². The Morgan fingerprint density at radius 2 is 1.72 bits per heavy atom. The monoisotopic (exact) mass is 753 g/mol. The first-order valence-corrected chi connectivity index (χ1v) is 18.5. The van der Waals surface area contributed by atoms with Crippen LogP contribution in [0.5, 0.6) is 0 Å². The number of likely N-dealkylation sites (N-methyl/N-ethyl adjacent to an activating group) is 1. The molecule has 2 aliphatic rings. The lowest BCUT2D eigenvalue weighted by molar-refractivity contribution is -0.283. The predicted octanol–water partition coefficient (Wildman–Crippen LogP) is 5.04. The minimum absolute atomic E-state index is 0.109. The summed E-state index contributed by atoms with van der Waals surface area (Å²) in [4.78, 5) is 74.4. The fraction of sp³-hybridized carbons (Fsp3) is 0.600. The van der Waals surface area contributed by atoms with E-state index in [4.69, 9.17) is 28.4 Å². The van der Waals surface area contributed by atoms with Gasteiger partial charge in [0.2, 0.25) is 0 Å². The van der Waals surface area contributed by atoms with Crippen LogP contribution in [0.3, 0.4) is 0 Å². The summed E-state index contributed by atoms with van der Waals surface area (Å²) in [6, 6.07) is 8.26. The number of hydrogen-bond donors (Lipinski definition) is 0. The second-order valence-electron chi connectivity index (χ2n) is 14.8. The van der Waals surface area contributed by atoms with Crippen molar-refractivity contribution in [3.05, 3.63) is 66.3 Å². The molecule has 0 bridgehead atoms. The highest BCUT2D eigenvalue weighted by molar-refractivity contribution is 6.00. The van der Waals surface area contributed by atoms with E-state index in [1.165, 1.54) is 38.8 Å². The number of imidazole rings is 1. The van der Waals surface area contributed by atoms with Gasteiger partial charge in [-0.05, 0) is 84.8 Å². The Balaban J connectivity index is 1.74. The van der Waals surface area contributed by atoms with Crippen molar-refractivity contribution < 1.29 is 52.4 Å². The standard InChI is InChI=1S/C40H55N3O11/c1-11-31-40(7,54-39(48)43-18-17-41-22-43)21-24(3)32(44)23(2)19-30(49-10)34(26(5)33(45)27(6)36(46)51-31)53-38-35(29(42(8)9)20-25(4)50-38)52-37(47)28-15-13-12-14-16-28/h12-18,21-23,25-27,29-31,34-35,38H,11,19-20H2,1-10H3/b24-21+/t23-,25-,26+,27-,29+,30+,31?,34-,35-,38+,40+/m1/s1. The summed E-state index contributed by atoms with van der Waals surface area (Å²) in [7, 11) is 5.20. The lowest BCUT2D eigenvalue weighted by atomic mass is 9.83. The van der Waals surface area contributed by atoms with Crippen LogP contribution in [0.2, 0.25) is 0 Å². The van der Waals surface area contributed by atoms with Crippen molar-refractivity contribution >= 4 is 29.6 Å². The van der Waals surface area contributed by atoms with Crippen molar-refractivity contribution in [2.24, 2.45) is 17.8 Å². The molecule has 14 nitrogen and oxygen atoms in total. The number of benzene rings is 1. The number of rotatable bonds is 8. The second-order valence-corrected chi connectivity index (χ2v) is 14.8. The maximum atomic E-state index is 14.3. The van der Waals surface area contributed by atoms with E-state index in [0.29, 0.717) is 12.0 Å². The number of methoxy groups -OCH3 is 1. The molecule has 2 aromatic rings. The third kappa shape index (κ3) is 9.89. The Hall–Kier alpha value is -4.24. The molecule has 296 valence electrons. The molecule has 14 heteroatoms. The summed E-state index contributed by atoms with van der Waals surface area (Å²) < 4.78 is 38.1. The van der Waals surface area contributed by atoms with E-state index < -0.39 is 77.9 Å². The number of hydrogen-bond acceptors (Lipinski definition) is 13. The predicted molar refractivity (Wildman–Crippen MR) is 196 cm³/mol. The van der Waals surface area contributed by atoms with Gasteiger partial charge in [0.25, 0.3) is 0 Å². The first-order valence-electron chi connectivity index (χ1n) is 18.5. The third-order valence-corrected chi connectivity index (χ3v) is 10.4. The highest BCUT2D eigenvalue weighted by Gasteiger charge is 2.48. The van der Waals surface area contributed by atoms with Crippen molar-refractivity contribution in [1.82, 2.24) is 14.5 Å². The average molecular weight is 754 g/mol. The first-order chi connectivity index (χ1) is 25.5. The van der Waals surface area contributed by atoms with Gasteiger partial charge in [0.05, 0.1) is 29.9 Å². The number of carbonyl (C=O) groups is 5. The van der Waals surface area contributed by atoms with Gasteiger partial charge in [-0.3, -0.25) is 14.4 Å². The number of allylic oxidation sites excluding steroid dienone is 1. The summed E-state index contributed by atoms with van der Waals surface area (Å²) in [5.74, 6) is -5.13. The molecule has 11 atom stereocenters. The number of Topliss-reactive ketones (excluding diaryl/α,β-unsaturated/α-hetero) is 2. The van der Waals surface area contributed by atoms with E-state index >= 15 is 0 Å². The quantitative estimate of drug-likeness (QED) is 0.201. The van der Waals surface area contributed by atoms with Gasteiger partial charge in [0.15, 0.2) is 29.6 Å². The van der Waals surface area contributed by atoms with Crippen molar-refractivity contribution in [1.29, 1.82) is 0 Å². The molecule has 2 aliphatic heterocycles.